The van der Waals surface area contributed by atoms with Gasteiger partial charge in [-0.05, 0) is 17.7 Å². The largest absolute Gasteiger partial charge is 0.480 e. The third kappa shape index (κ3) is 4.42. The Balaban J connectivity index is 2.27. The topological polar surface area (TPSA) is 53.4 Å². The summed E-state index contributed by atoms with van der Waals surface area (Å²) in [7, 11) is 0. The van der Waals surface area contributed by atoms with E-state index in [9.17, 15) is 18.0 Å². The van der Waals surface area contributed by atoms with Crippen molar-refractivity contribution < 1.29 is 23.1 Å². The first-order valence-electron chi connectivity index (χ1n) is 6.19. The van der Waals surface area contributed by atoms with Crippen LogP contribution >= 0.6 is 0 Å². The zero-order valence-electron chi connectivity index (χ0n) is 11.0. The Labute approximate surface area is 118 Å². The van der Waals surface area contributed by atoms with E-state index in [-0.39, 0.29) is 6.54 Å². The minimum absolute atomic E-state index is 0.102. The van der Waals surface area contributed by atoms with E-state index in [0.717, 1.165) is 10.3 Å². The molecule has 0 unspecified atom stereocenters. The van der Waals surface area contributed by atoms with E-state index < -0.39 is 25.2 Å². The van der Waals surface area contributed by atoms with Crippen molar-refractivity contribution in [1.82, 2.24) is 9.88 Å². The van der Waals surface area contributed by atoms with Crippen LogP contribution in [0.5, 0.6) is 0 Å². The summed E-state index contributed by atoms with van der Waals surface area (Å²) >= 11 is 0. The molecule has 1 heterocycles. The highest BCUT2D eigenvalue weighted by Crippen LogP contribution is 2.21. The molecule has 4 nitrogen and oxygen atoms in total. The number of carboxylic acids is 1. The second kappa shape index (κ2) is 6.09. The minimum Gasteiger partial charge on any atom is -0.480 e. The highest BCUT2D eigenvalue weighted by molar-refractivity contribution is 5.81. The van der Waals surface area contributed by atoms with Gasteiger partial charge in [-0.3, -0.25) is 14.7 Å². The summed E-state index contributed by atoms with van der Waals surface area (Å²) in [5, 5.41) is 9.47. The molecule has 2 rings (SSSR count). The Bertz CT molecular complexity index is 638. The van der Waals surface area contributed by atoms with Crippen LogP contribution in [-0.2, 0) is 11.3 Å². The van der Waals surface area contributed by atoms with Gasteiger partial charge in [0.2, 0.25) is 0 Å². The predicted octanol–water partition coefficient (Wildman–Crippen LogP) is 2.68. The molecule has 0 aliphatic rings. The summed E-state index contributed by atoms with van der Waals surface area (Å²) in [6, 6.07) is 8.66. The fourth-order valence-corrected chi connectivity index (χ4v) is 2.15. The molecule has 0 aliphatic carbocycles. The number of aromatic nitrogens is 1. The molecule has 1 aromatic carbocycles. The van der Waals surface area contributed by atoms with Crippen molar-refractivity contribution in [3.63, 3.8) is 0 Å². The van der Waals surface area contributed by atoms with Crippen molar-refractivity contribution >= 4 is 16.9 Å². The number of hydrogen-bond acceptors (Lipinski definition) is 3. The average molecular weight is 298 g/mol. The normalized spacial score (nSPS) is 12.0. The number of hydrogen-bond donors (Lipinski definition) is 1. The Morgan fingerprint density at radius 3 is 2.62 bits per heavy atom. The van der Waals surface area contributed by atoms with Gasteiger partial charge in [0.15, 0.2) is 0 Å². The number of nitrogens with zero attached hydrogens (tertiary/aromatic N) is 2. The number of aliphatic carboxylic acids is 1. The number of rotatable bonds is 5. The number of carboxylic acid groups (broad SMARTS) is 1. The Kier molecular flexibility index (Phi) is 4.42. The molecule has 0 saturated carbocycles. The van der Waals surface area contributed by atoms with E-state index in [1.807, 2.05) is 0 Å². The number of carbonyl (C=O) groups is 1. The molecule has 0 aliphatic heterocycles. The van der Waals surface area contributed by atoms with E-state index in [2.05, 4.69) is 4.98 Å². The minimum atomic E-state index is -4.45. The zero-order chi connectivity index (χ0) is 15.5. The van der Waals surface area contributed by atoms with Gasteiger partial charge in [-0.2, -0.15) is 13.2 Å². The van der Waals surface area contributed by atoms with Crippen molar-refractivity contribution in [2.75, 3.05) is 13.1 Å². The molecule has 112 valence electrons. The lowest BCUT2D eigenvalue weighted by molar-refractivity contribution is -0.154. The first kappa shape index (κ1) is 15.2. The molecule has 0 radical (unpaired) electrons. The maximum Gasteiger partial charge on any atom is 0.401 e. The molecule has 21 heavy (non-hydrogen) atoms. The zero-order valence-corrected chi connectivity index (χ0v) is 11.0. The van der Waals surface area contributed by atoms with Crippen LogP contribution in [0.15, 0.2) is 36.5 Å². The second-order valence-electron chi connectivity index (χ2n) is 4.64. The number of fused-ring (bicyclic) bond motifs is 1. The summed E-state index contributed by atoms with van der Waals surface area (Å²) in [5.41, 5.74) is 1.28. The van der Waals surface area contributed by atoms with Gasteiger partial charge in [0, 0.05) is 18.1 Å². The van der Waals surface area contributed by atoms with Crippen molar-refractivity contribution in [2.45, 2.75) is 12.7 Å². The molecular formula is C14H13F3N2O2. The van der Waals surface area contributed by atoms with Gasteiger partial charge >= 0.3 is 12.1 Å². The Morgan fingerprint density at radius 2 is 1.95 bits per heavy atom. The van der Waals surface area contributed by atoms with E-state index in [0.29, 0.717) is 11.1 Å². The van der Waals surface area contributed by atoms with E-state index in [1.165, 1.54) is 6.20 Å². The van der Waals surface area contributed by atoms with Crippen molar-refractivity contribution in [3.05, 3.63) is 42.1 Å². The summed E-state index contributed by atoms with van der Waals surface area (Å²) in [4.78, 5) is 15.7. The summed E-state index contributed by atoms with van der Waals surface area (Å²) in [6.45, 7) is -2.04. The smallest absolute Gasteiger partial charge is 0.401 e. The SMILES string of the molecule is O=C(O)CN(Cc1ccnc2ccccc12)CC(F)(F)F. The second-order valence-corrected chi connectivity index (χ2v) is 4.64. The molecule has 0 saturated heterocycles. The fourth-order valence-electron chi connectivity index (χ4n) is 2.15. The monoisotopic (exact) mass is 298 g/mol. The van der Waals surface area contributed by atoms with Gasteiger partial charge < -0.3 is 5.11 Å². The third-order valence-corrected chi connectivity index (χ3v) is 2.90. The Morgan fingerprint density at radius 1 is 1.24 bits per heavy atom. The van der Waals surface area contributed by atoms with Crippen LogP contribution in [0.3, 0.4) is 0 Å². The quantitative estimate of drug-likeness (QED) is 0.922. The first-order chi connectivity index (χ1) is 9.85. The van der Waals surface area contributed by atoms with Gasteiger partial charge in [-0.25, -0.2) is 0 Å². The van der Waals surface area contributed by atoms with Crippen molar-refractivity contribution in [3.8, 4) is 0 Å². The highest BCUT2D eigenvalue weighted by Gasteiger charge is 2.31. The lowest BCUT2D eigenvalue weighted by Gasteiger charge is -2.22. The van der Waals surface area contributed by atoms with Gasteiger partial charge in [0.05, 0.1) is 18.6 Å². The van der Waals surface area contributed by atoms with Gasteiger partial charge in [0.1, 0.15) is 0 Å². The summed E-state index contributed by atoms with van der Waals surface area (Å²) in [5.74, 6) is -1.29. The molecule has 0 bridgehead atoms. The van der Waals surface area contributed by atoms with Gasteiger partial charge in [-0.1, -0.05) is 18.2 Å². The van der Waals surface area contributed by atoms with E-state index in [4.69, 9.17) is 5.11 Å². The molecule has 0 amide bonds. The highest BCUT2D eigenvalue weighted by atomic mass is 19.4. The van der Waals surface area contributed by atoms with Gasteiger partial charge in [0.25, 0.3) is 0 Å². The maximum atomic E-state index is 12.5. The number of pyridine rings is 1. The molecule has 0 fully saturated rings. The fraction of sp³-hybridized carbons (Fsp3) is 0.286. The standard InChI is InChI=1S/C14H13F3N2O2/c15-14(16,17)9-19(8-13(20)21)7-10-5-6-18-12-4-2-1-3-11(10)12/h1-6H,7-9H2,(H,20,21). The maximum absolute atomic E-state index is 12.5. The molecule has 0 spiro atoms. The molecule has 2 aromatic rings. The Hall–Kier alpha value is -2.15. The van der Waals surface area contributed by atoms with Crippen LogP contribution in [0.4, 0.5) is 13.2 Å². The van der Waals surface area contributed by atoms with Crippen LogP contribution < -0.4 is 0 Å². The molecule has 1 N–H and O–H groups in total. The van der Waals surface area contributed by atoms with Crippen molar-refractivity contribution in [1.29, 1.82) is 0 Å². The number of alkyl halides is 3. The third-order valence-electron chi connectivity index (χ3n) is 2.90. The molecule has 0 atom stereocenters. The number of benzene rings is 1. The van der Waals surface area contributed by atoms with Crippen LogP contribution in [-0.4, -0.2) is 40.2 Å². The summed E-state index contributed by atoms with van der Waals surface area (Å²) in [6.07, 6.45) is -2.94. The lowest BCUT2D eigenvalue weighted by atomic mass is 10.1. The molecular weight excluding hydrogens is 285 g/mol. The van der Waals surface area contributed by atoms with Gasteiger partial charge in [-0.15, -0.1) is 0 Å². The van der Waals surface area contributed by atoms with Crippen LogP contribution in [0.25, 0.3) is 10.9 Å². The van der Waals surface area contributed by atoms with Crippen LogP contribution in [0, 0.1) is 0 Å². The van der Waals surface area contributed by atoms with E-state index >= 15 is 0 Å². The van der Waals surface area contributed by atoms with E-state index in [1.54, 1.807) is 30.3 Å². The summed E-state index contributed by atoms with van der Waals surface area (Å²) < 4.78 is 37.6. The average Bonchev–Trinajstić information content (AvgIpc) is 2.36. The van der Waals surface area contributed by atoms with Crippen LogP contribution in [0.1, 0.15) is 5.56 Å². The number of para-hydroxylation sites is 1. The first-order valence-corrected chi connectivity index (χ1v) is 6.19. The van der Waals surface area contributed by atoms with Crippen LogP contribution in [0.2, 0.25) is 0 Å². The lowest BCUT2D eigenvalue weighted by Crippen LogP contribution is -2.37. The number of halogens is 3. The molecule has 7 heteroatoms. The molecule has 1 aromatic heterocycles. The van der Waals surface area contributed by atoms with Crippen molar-refractivity contribution in [2.24, 2.45) is 0 Å². The predicted molar refractivity (Wildman–Crippen MR) is 70.7 cm³/mol.